The van der Waals surface area contributed by atoms with Crippen LogP contribution in [0.5, 0.6) is 0 Å². The summed E-state index contributed by atoms with van der Waals surface area (Å²) in [5.41, 5.74) is -0.0278. The molecule has 1 rings (SSSR count). The molecule has 0 spiro atoms. The van der Waals surface area contributed by atoms with Crippen LogP contribution in [0.2, 0.25) is 0 Å². The second-order valence-electron chi connectivity index (χ2n) is 4.26. The topological polar surface area (TPSA) is 66.9 Å². The molecule has 5 heteroatoms. The number of benzene rings is 1. The normalized spacial score (nSPS) is 10.9. The second kappa shape index (κ2) is 4.54. The van der Waals surface area contributed by atoms with Crippen molar-refractivity contribution in [2.75, 3.05) is 0 Å². The Balaban J connectivity index is 3.14. The van der Waals surface area contributed by atoms with Crippen LogP contribution in [0.15, 0.2) is 23.1 Å². The van der Waals surface area contributed by atoms with E-state index < -0.39 is 4.92 Å². The van der Waals surface area contributed by atoms with Crippen molar-refractivity contribution in [3.05, 3.63) is 33.9 Å². The van der Waals surface area contributed by atoms with Crippen LogP contribution in [-0.2, 0) is 0 Å². The molecule has 0 N–H and O–H groups in total. The van der Waals surface area contributed by atoms with E-state index in [1.54, 1.807) is 6.07 Å². The molecule has 1 aromatic rings. The van der Waals surface area contributed by atoms with Crippen LogP contribution in [0.25, 0.3) is 0 Å². The Kier molecular flexibility index (Phi) is 3.55. The van der Waals surface area contributed by atoms with Gasteiger partial charge in [-0.3, -0.25) is 10.1 Å². The molecular weight excluding hydrogens is 224 g/mol. The summed E-state index contributed by atoms with van der Waals surface area (Å²) < 4.78 is -0.0119. The van der Waals surface area contributed by atoms with Gasteiger partial charge in [0.2, 0.25) is 0 Å². The van der Waals surface area contributed by atoms with Gasteiger partial charge in [-0.1, -0.05) is 20.8 Å². The smallest absolute Gasteiger partial charge is 0.258 e. The first-order chi connectivity index (χ1) is 7.33. The Bertz CT molecular complexity index is 458. The minimum atomic E-state index is -0.523. The Hall–Kier alpha value is -1.54. The summed E-state index contributed by atoms with van der Waals surface area (Å²) in [7, 11) is 0. The zero-order chi connectivity index (χ0) is 12.3. The molecule has 84 valence electrons. The van der Waals surface area contributed by atoms with Crippen molar-refractivity contribution in [3.8, 4) is 6.07 Å². The fraction of sp³-hybridized carbons (Fsp3) is 0.364. The Morgan fingerprint density at radius 2 is 2.06 bits per heavy atom. The van der Waals surface area contributed by atoms with Crippen molar-refractivity contribution >= 4 is 17.4 Å². The van der Waals surface area contributed by atoms with Gasteiger partial charge in [-0.15, -0.1) is 11.8 Å². The molecule has 1 aromatic carbocycles. The van der Waals surface area contributed by atoms with Crippen LogP contribution in [0, 0.1) is 21.4 Å². The van der Waals surface area contributed by atoms with Gasteiger partial charge in [-0.2, -0.15) is 5.26 Å². The Morgan fingerprint density at radius 1 is 1.44 bits per heavy atom. The van der Waals surface area contributed by atoms with Crippen LogP contribution in [0.1, 0.15) is 26.3 Å². The van der Waals surface area contributed by atoms with Gasteiger partial charge in [0.25, 0.3) is 5.69 Å². The van der Waals surface area contributed by atoms with Crippen molar-refractivity contribution < 1.29 is 4.92 Å². The monoisotopic (exact) mass is 236 g/mol. The summed E-state index contributed by atoms with van der Waals surface area (Å²) >= 11 is 1.54. The van der Waals surface area contributed by atoms with E-state index in [1.807, 2.05) is 26.8 Å². The van der Waals surface area contributed by atoms with Crippen LogP contribution < -0.4 is 0 Å². The van der Waals surface area contributed by atoms with Gasteiger partial charge >= 0.3 is 0 Å². The van der Waals surface area contributed by atoms with E-state index in [4.69, 9.17) is 5.26 Å². The minimum absolute atomic E-state index is 0.0119. The number of hydrogen-bond acceptors (Lipinski definition) is 4. The zero-order valence-corrected chi connectivity index (χ0v) is 10.2. The highest BCUT2D eigenvalue weighted by Crippen LogP contribution is 2.34. The number of nitriles is 1. The van der Waals surface area contributed by atoms with E-state index >= 15 is 0 Å². The highest BCUT2D eigenvalue weighted by Gasteiger charge is 2.18. The zero-order valence-electron chi connectivity index (χ0n) is 9.35. The molecule has 0 heterocycles. The van der Waals surface area contributed by atoms with Crippen molar-refractivity contribution in [2.24, 2.45) is 0 Å². The van der Waals surface area contributed by atoms with Gasteiger partial charge in [-0.25, -0.2) is 0 Å². The second-order valence-corrected chi connectivity index (χ2v) is 6.16. The van der Waals surface area contributed by atoms with Gasteiger partial charge in [-0.05, 0) is 12.1 Å². The molecule has 0 unspecified atom stereocenters. The number of rotatable bonds is 2. The first-order valence-electron chi connectivity index (χ1n) is 4.71. The predicted octanol–water partition coefficient (Wildman–Crippen LogP) is 3.36. The first kappa shape index (κ1) is 12.5. The maximum atomic E-state index is 10.7. The lowest BCUT2D eigenvalue weighted by atomic mass is 10.2. The molecule has 0 saturated carbocycles. The quantitative estimate of drug-likeness (QED) is 0.448. The van der Waals surface area contributed by atoms with Gasteiger partial charge in [0.05, 0.1) is 4.92 Å². The van der Waals surface area contributed by atoms with E-state index in [1.165, 1.54) is 23.9 Å². The highest BCUT2D eigenvalue weighted by molar-refractivity contribution is 8.00. The van der Waals surface area contributed by atoms with E-state index in [9.17, 15) is 10.1 Å². The molecular formula is C11H12N2O2S. The lowest BCUT2D eigenvalue weighted by Gasteiger charge is -2.17. The molecule has 16 heavy (non-hydrogen) atoms. The van der Waals surface area contributed by atoms with Crippen molar-refractivity contribution in [1.82, 2.24) is 0 Å². The number of hydrogen-bond donors (Lipinski definition) is 0. The van der Waals surface area contributed by atoms with Crippen molar-refractivity contribution in [2.45, 2.75) is 30.4 Å². The number of nitro benzene ring substituents is 1. The summed E-state index contributed by atoms with van der Waals surface area (Å²) in [6, 6.07) is 6.50. The summed E-state index contributed by atoms with van der Waals surface area (Å²) in [5, 5.41) is 19.5. The molecule has 4 nitrogen and oxygen atoms in total. The Labute approximate surface area is 98.4 Å². The lowest BCUT2D eigenvalue weighted by Crippen LogP contribution is -2.06. The third-order valence-electron chi connectivity index (χ3n) is 1.71. The molecule has 0 atom stereocenters. The third-order valence-corrected chi connectivity index (χ3v) is 2.81. The summed E-state index contributed by atoms with van der Waals surface area (Å²) in [4.78, 5) is 11.0. The molecule has 0 aromatic heterocycles. The molecule has 0 aliphatic carbocycles. The molecule has 0 bridgehead atoms. The van der Waals surface area contributed by atoms with Gasteiger partial charge in [0.15, 0.2) is 0 Å². The summed E-state index contributed by atoms with van der Waals surface area (Å²) in [5.74, 6) is 0. The van der Waals surface area contributed by atoms with Gasteiger partial charge < -0.3 is 0 Å². The van der Waals surface area contributed by atoms with Gasteiger partial charge in [0, 0.05) is 15.7 Å². The van der Waals surface area contributed by atoms with E-state index in [-0.39, 0.29) is 16.0 Å². The van der Waals surface area contributed by atoms with Crippen LogP contribution in [0.4, 0.5) is 5.69 Å². The number of nitrogens with zero attached hydrogens (tertiary/aromatic N) is 2. The minimum Gasteiger partial charge on any atom is -0.258 e. The molecule has 0 radical (unpaired) electrons. The summed E-state index contributed by atoms with van der Waals surface area (Å²) in [6.07, 6.45) is 0. The number of thioether (sulfide) groups is 1. The SMILES string of the molecule is CC(C)(C)Sc1ccc(C#N)c([N+](=O)[O-])c1. The van der Waals surface area contributed by atoms with E-state index in [0.29, 0.717) is 0 Å². The van der Waals surface area contributed by atoms with E-state index in [0.717, 1.165) is 4.90 Å². The maximum absolute atomic E-state index is 10.7. The lowest BCUT2D eigenvalue weighted by molar-refractivity contribution is -0.385. The molecule has 0 aliphatic rings. The maximum Gasteiger partial charge on any atom is 0.288 e. The Morgan fingerprint density at radius 3 is 2.50 bits per heavy atom. The standard InChI is InChI=1S/C11H12N2O2S/c1-11(2,3)16-9-5-4-8(7-12)10(6-9)13(14)15/h4-6H,1-3H3. The number of nitro groups is 1. The highest BCUT2D eigenvalue weighted by atomic mass is 32.2. The average molecular weight is 236 g/mol. The van der Waals surface area contributed by atoms with Crippen molar-refractivity contribution in [3.63, 3.8) is 0 Å². The third kappa shape index (κ3) is 3.24. The average Bonchev–Trinajstić information content (AvgIpc) is 2.15. The largest absolute Gasteiger partial charge is 0.288 e. The molecule has 0 aliphatic heterocycles. The van der Waals surface area contributed by atoms with E-state index in [2.05, 4.69) is 0 Å². The molecule has 0 fully saturated rings. The summed E-state index contributed by atoms with van der Waals surface area (Å²) in [6.45, 7) is 6.09. The van der Waals surface area contributed by atoms with Crippen LogP contribution in [0.3, 0.4) is 0 Å². The predicted molar refractivity (Wildman–Crippen MR) is 63.4 cm³/mol. The molecule has 0 amide bonds. The molecule has 0 saturated heterocycles. The fourth-order valence-corrected chi connectivity index (χ4v) is 2.19. The van der Waals surface area contributed by atoms with Crippen LogP contribution >= 0.6 is 11.8 Å². The van der Waals surface area contributed by atoms with Crippen molar-refractivity contribution in [1.29, 1.82) is 5.26 Å². The van der Waals surface area contributed by atoms with Crippen LogP contribution in [-0.4, -0.2) is 9.67 Å². The first-order valence-corrected chi connectivity index (χ1v) is 5.53. The fourth-order valence-electron chi connectivity index (χ4n) is 1.17. The van der Waals surface area contributed by atoms with Gasteiger partial charge in [0.1, 0.15) is 11.6 Å².